The Morgan fingerprint density at radius 3 is 2.77 bits per heavy atom. The number of nitrogens with zero attached hydrogens (tertiary/aromatic N) is 3. The molecule has 4 heterocycles. The second-order valence-corrected chi connectivity index (χ2v) is 11.0. The van der Waals surface area contributed by atoms with E-state index in [0.717, 1.165) is 47.4 Å². The number of thiophene rings is 1. The molecule has 9 heteroatoms. The first kappa shape index (κ1) is 23.9. The molecule has 4 aromatic rings. The van der Waals surface area contributed by atoms with Gasteiger partial charge in [-0.1, -0.05) is 35.0 Å². The molecule has 1 aliphatic heterocycles. The summed E-state index contributed by atoms with van der Waals surface area (Å²) < 4.78 is 14.0. The third-order valence-electron chi connectivity index (χ3n) is 6.58. The van der Waals surface area contributed by atoms with Gasteiger partial charge in [0.25, 0.3) is 0 Å². The number of halogens is 1. The number of aromatic nitrogens is 2. The number of hydrogen-bond acceptors (Lipinski definition) is 6. The van der Waals surface area contributed by atoms with Crippen molar-refractivity contribution in [3.63, 3.8) is 0 Å². The highest BCUT2D eigenvalue weighted by Gasteiger charge is 2.22. The van der Waals surface area contributed by atoms with E-state index in [4.69, 9.17) is 20.9 Å². The first-order valence-electron chi connectivity index (χ1n) is 12.0. The Morgan fingerprint density at radius 2 is 2.03 bits per heavy atom. The molecule has 1 aliphatic rings. The largest absolute Gasteiger partial charge is 0.413 e. The number of hydrogen-bond donors (Lipinski definition) is 1. The molecule has 0 atom stereocenters. The maximum atomic E-state index is 12.7. The van der Waals surface area contributed by atoms with Gasteiger partial charge in [0, 0.05) is 30.1 Å². The summed E-state index contributed by atoms with van der Waals surface area (Å²) in [7, 11) is 0. The number of para-hydroxylation sites is 1. The van der Waals surface area contributed by atoms with Crippen LogP contribution in [0.5, 0.6) is 5.88 Å². The van der Waals surface area contributed by atoms with Gasteiger partial charge in [-0.25, -0.2) is 4.79 Å². The van der Waals surface area contributed by atoms with Crippen LogP contribution in [0.1, 0.15) is 32.4 Å². The fourth-order valence-corrected chi connectivity index (χ4v) is 5.57. The molecule has 3 aromatic heterocycles. The second-order valence-electron chi connectivity index (χ2n) is 9.26. The molecule has 0 aliphatic carbocycles. The van der Waals surface area contributed by atoms with Gasteiger partial charge in [0.2, 0.25) is 5.88 Å². The minimum Gasteiger partial charge on any atom is -0.393 e. The number of amides is 1. The maximum Gasteiger partial charge on any atom is 0.413 e. The van der Waals surface area contributed by atoms with Crippen LogP contribution in [-0.4, -0.2) is 46.4 Å². The minimum atomic E-state index is -0.436. The van der Waals surface area contributed by atoms with Crippen molar-refractivity contribution < 1.29 is 14.1 Å². The Kier molecular flexibility index (Phi) is 7.13. The van der Waals surface area contributed by atoms with Crippen molar-refractivity contribution in [3.8, 4) is 16.5 Å². The Balaban J connectivity index is 1.27. The van der Waals surface area contributed by atoms with E-state index in [2.05, 4.69) is 29.2 Å². The Bertz CT molecular complexity index is 1300. The number of fused-ring (bicyclic) bond motifs is 1. The first-order valence-corrected chi connectivity index (χ1v) is 13.1. The number of nitrogens with one attached hydrogen (secondary N) is 1. The van der Waals surface area contributed by atoms with Crippen molar-refractivity contribution in [2.24, 2.45) is 5.92 Å². The minimum absolute atomic E-state index is 0.409. The van der Waals surface area contributed by atoms with E-state index in [1.54, 1.807) is 0 Å². The molecule has 0 unspecified atom stereocenters. The molecule has 7 nitrogen and oxygen atoms in total. The van der Waals surface area contributed by atoms with Gasteiger partial charge in [0.15, 0.2) is 5.76 Å². The van der Waals surface area contributed by atoms with Gasteiger partial charge in [-0.15, -0.1) is 11.3 Å². The summed E-state index contributed by atoms with van der Waals surface area (Å²) in [5.74, 6) is 1.61. The van der Waals surface area contributed by atoms with Crippen LogP contribution in [0.25, 0.3) is 21.5 Å². The lowest BCUT2D eigenvalue weighted by atomic mass is 9.96. The van der Waals surface area contributed by atoms with E-state index in [1.807, 2.05) is 53.1 Å². The molecule has 5 rings (SSSR count). The van der Waals surface area contributed by atoms with Crippen LogP contribution in [0, 0.1) is 5.92 Å². The zero-order valence-corrected chi connectivity index (χ0v) is 21.4. The van der Waals surface area contributed by atoms with Crippen molar-refractivity contribution in [2.45, 2.75) is 39.3 Å². The predicted molar refractivity (Wildman–Crippen MR) is 139 cm³/mol. The third-order valence-corrected chi connectivity index (χ3v) is 7.83. The van der Waals surface area contributed by atoms with Crippen LogP contribution in [0.2, 0.25) is 4.34 Å². The fraction of sp³-hybridized carbons (Fsp3) is 0.385. The number of benzene rings is 1. The first-order chi connectivity index (χ1) is 17.0. The van der Waals surface area contributed by atoms with Crippen LogP contribution in [-0.2, 0) is 6.54 Å². The molecule has 1 aromatic carbocycles. The van der Waals surface area contributed by atoms with Gasteiger partial charge in [-0.05, 0) is 63.9 Å². The van der Waals surface area contributed by atoms with E-state index in [1.165, 1.54) is 11.3 Å². The average Bonchev–Trinajstić information content (AvgIpc) is 3.58. The predicted octanol–water partition coefficient (Wildman–Crippen LogP) is 6.27. The molecule has 0 radical (unpaired) electrons. The number of rotatable bonds is 7. The van der Waals surface area contributed by atoms with Crippen molar-refractivity contribution in [1.29, 1.82) is 0 Å². The Morgan fingerprint density at radius 1 is 1.23 bits per heavy atom. The topological polar surface area (TPSA) is 72.5 Å². The van der Waals surface area contributed by atoms with E-state index in [9.17, 15) is 4.79 Å². The Labute approximate surface area is 213 Å². The lowest BCUT2D eigenvalue weighted by molar-refractivity contribution is 0.145. The summed E-state index contributed by atoms with van der Waals surface area (Å²) in [6.07, 6.45) is 1.74. The molecule has 0 saturated carbocycles. The molecule has 184 valence electrons. The number of carbonyl (C=O) groups excluding carboxylic acids is 1. The summed E-state index contributed by atoms with van der Waals surface area (Å²) >= 11 is 7.50. The molecular weight excluding hydrogens is 484 g/mol. The summed E-state index contributed by atoms with van der Waals surface area (Å²) in [5.41, 5.74) is 1.69. The normalized spacial score (nSPS) is 15.2. The van der Waals surface area contributed by atoms with Crippen molar-refractivity contribution in [2.75, 3.05) is 19.6 Å². The average molecular weight is 513 g/mol. The van der Waals surface area contributed by atoms with Crippen LogP contribution in [0.4, 0.5) is 4.79 Å². The highest BCUT2D eigenvalue weighted by Crippen LogP contribution is 2.32. The molecule has 1 fully saturated rings. The number of ether oxygens (including phenoxy) is 1. The fourth-order valence-electron chi connectivity index (χ4n) is 4.58. The van der Waals surface area contributed by atoms with Crippen molar-refractivity contribution in [3.05, 3.63) is 58.6 Å². The second kappa shape index (κ2) is 10.4. The van der Waals surface area contributed by atoms with Crippen molar-refractivity contribution in [1.82, 2.24) is 19.9 Å². The molecule has 1 amide bonds. The van der Waals surface area contributed by atoms with E-state index in [0.29, 0.717) is 41.0 Å². The van der Waals surface area contributed by atoms with E-state index < -0.39 is 6.09 Å². The van der Waals surface area contributed by atoms with Crippen LogP contribution >= 0.6 is 22.9 Å². The van der Waals surface area contributed by atoms with Crippen molar-refractivity contribution >= 4 is 39.9 Å². The van der Waals surface area contributed by atoms with E-state index >= 15 is 0 Å². The smallest absolute Gasteiger partial charge is 0.393 e. The molecule has 1 saturated heterocycles. The molecule has 35 heavy (non-hydrogen) atoms. The van der Waals surface area contributed by atoms with Gasteiger partial charge >= 0.3 is 6.09 Å². The highest BCUT2D eigenvalue weighted by molar-refractivity contribution is 7.19. The van der Waals surface area contributed by atoms with Crippen LogP contribution in [0.15, 0.2) is 53.1 Å². The maximum absolute atomic E-state index is 12.7. The van der Waals surface area contributed by atoms with Gasteiger partial charge < -0.3 is 24.0 Å². The van der Waals surface area contributed by atoms with Gasteiger partial charge in [0.1, 0.15) is 5.69 Å². The number of likely N-dealkylation sites (tertiary alicyclic amines) is 1. The van der Waals surface area contributed by atoms with Crippen LogP contribution < -0.4 is 10.1 Å². The van der Waals surface area contributed by atoms with Crippen LogP contribution in [0.3, 0.4) is 0 Å². The lowest BCUT2D eigenvalue weighted by Gasteiger charge is -2.34. The molecule has 0 spiro atoms. The third kappa shape index (κ3) is 5.55. The van der Waals surface area contributed by atoms with E-state index in [-0.39, 0.29) is 0 Å². The summed E-state index contributed by atoms with van der Waals surface area (Å²) in [4.78, 5) is 16.1. The quantitative estimate of drug-likeness (QED) is 0.316. The molecule has 1 N–H and O–H groups in total. The van der Waals surface area contributed by atoms with Gasteiger partial charge in [-0.2, -0.15) is 0 Å². The van der Waals surface area contributed by atoms with Gasteiger partial charge in [0.05, 0.1) is 21.3 Å². The summed E-state index contributed by atoms with van der Waals surface area (Å²) in [6, 6.07) is 16.0. The number of piperidine rings is 1. The molecule has 0 bridgehead atoms. The number of carbonyl (C=O) groups is 1. The highest BCUT2D eigenvalue weighted by atomic mass is 35.5. The monoisotopic (exact) mass is 512 g/mol. The SMILES string of the molecule is CC(C)N1CCC(CNC(=O)Oc2cc3ccccc3n2Cc2cc(-c3ccc(Cl)s3)on2)CC1. The zero-order chi connectivity index (χ0) is 24.4. The van der Waals surface area contributed by atoms with Gasteiger partial charge in [-0.3, -0.25) is 0 Å². The lowest BCUT2D eigenvalue weighted by Crippen LogP contribution is -2.42. The standard InChI is InChI=1S/C26H29ClN4O3S/c1-17(2)30-11-9-18(10-12-30)15-28-26(32)33-25-13-19-5-3-4-6-21(19)31(25)16-20-14-22(34-29-20)23-7-8-24(27)35-23/h3-8,13-14,17-18H,9-12,15-16H2,1-2H3,(H,28,32). The summed E-state index contributed by atoms with van der Waals surface area (Å²) in [6.45, 7) is 7.64. The Hall–Kier alpha value is -2.81. The summed E-state index contributed by atoms with van der Waals surface area (Å²) in [5, 5.41) is 8.19. The molecular formula is C26H29ClN4O3S. The zero-order valence-electron chi connectivity index (χ0n) is 19.9.